The summed E-state index contributed by atoms with van der Waals surface area (Å²) >= 11 is 5.34. The van der Waals surface area contributed by atoms with Crippen molar-refractivity contribution < 1.29 is 8.42 Å². The molecule has 2 aromatic rings. The fraction of sp³-hybridized carbons (Fsp3) is 0.286. The van der Waals surface area contributed by atoms with Crippen molar-refractivity contribution in [2.24, 2.45) is 5.14 Å². The van der Waals surface area contributed by atoms with Gasteiger partial charge in [0.25, 0.3) is 0 Å². The third-order valence-electron chi connectivity index (χ3n) is 3.61. The zero-order valence-electron chi connectivity index (χ0n) is 11.2. The Morgan fingerprint density at radius 1 is 1.29 bits per heavy atom. The molecule has 4 nitrogen and oxygen atoms in total. The number of nitrogens with one attached hydrogen (secondary N) is 1. The molecule has 0 bridgehead atoms. The van der Waals surface area contributed by atoms with Gasteiger partial charge in [-0.1, -0.05) is 0 Å². The molecule has 7 heteroatoms. The number of anilines is 1. The van der Waals surface area contributed by atoms with E-state index in [1.807, 2.05) is 0 Å². The number of halogens is 1. The first-order valence-electron chi connectivity index (χ1n) is 6.61. The molecule has 21 heavy (non-hydrogen) atoms. The van der Waals surface area contributed by atoms with E-state index in [2.05, 4.69) is 27.3 Å². The van der Waals surface area contributed by atoms with Crippen LogP contribution in [0, 0.1) is 0 Å². The van der Waals surface area contributed by atoms with Crippen molar-refractivity contribution in [1.82, 2.24) is 0 Å². The van der Waals surface area contributed by atoms with Crippen LogP contribution in [0.15, 0.2) is 39.0 Å². The van der Waals surface area contributed by atoms with E-state index in [1.54, 1.807) is 23.5 Å². The Morgan fingerprint density at radius 2 is 2.00 bits per heavy atom. The highest BCUT2D eigenvalue weighted by Crippen LogP contribution is 2.39. The number of benzene rings is 1. The molecule has 1 unspecified atom stereocenters. The van der Waals surface area contributed by atoms with Crippen LogP contribution in [0.3, 0.4) is 0 Å². The smallest absolute Gasteiger partial charge is 0.238 e. The number of primary sulfonamides is 1. The lowest BCUT2D eigenvalue weighted by molar-refractivity contribution is 0.597. The van der Waals surface area contributed by atoms with Crippen LogP contribution in [0.1, 0.15) is 29.3 Å². The van der Waals surface area contributed by atoms with Crippen molar-refractivity contribution in [2.45, 2.75) is 30.2 Å². The highest BCUT2D eigenvalue weighted by atomic mass is 79.9. The lowest BCUT2D eigenvalue weighted by Gasteiger charge is -2.24. The van der Waals surface area contributed by atoms with Crippen molar-refractivity contribution >= 4 is 43.0 Å². The Kier molecular flexibility index (Phi) is 4.09. The van der Waals surface area contributed by atoms with E-state index in [0.29, 0.717) is 0 Å². The highest BCUT2D eigenvalue weighted by molar-refractivity contribution is 9.11. The van der Waals surface area contributed by atoms with Crippen LogP contribution in [0.2, 0.25) is 0 Å². The summed E-state index contributed by atoms with van der Waals surface area (Å²) in [4.78, 5) is 1.56. The first-order valence-corrected chi connectivity index (χ1v) is 9.76. The molecule has 0 fully saturated rings. The van der Waals surface area contributed by atoms with Crippen molar-refractivity contribution in [1.29, 1.82) is 0 Å². The lowest BCUT2D eigenvalue weighted by Crippen LogP contribution is -2.16. The number of hydrogen-bond acceptors (Lipinski definition) is 4. The van der Waals surface area contributed by atoms with Crippen LogP contribution in [0.4, 0.5) is 5.69 Å². The van der Waals surface area contributed by atoms with Crippen LogP contribution in [-0.4, -0.2) is 8.42 Å². The number of rotatable bonds is 3. The molecule has 1 aromatic heterocycles. The Hall–Kier alpha value is -0.890. The van der Waals surface area contributed by atoms with E-state index in [-0.39, 0.29) is 10.9 Å². The molecule has 0 saturated carbocycles. The molecule has 112 valence electrons. The van der Waals surface area contributed by atoms with E-state index in [9.17, 15) is 8.42 Å². The Labute approximate surface area is 136 Å². The summed E-state index contributed by atoms with van der Waals surface area (Å²) in [6, 6.07) is 9.03. The van der Waals surface area contributed by atoms with Crippen molar-refractivity contribution in [3.8, 4) is 0 Å². The van der Waals surface area contributed by atoms with Crippen molar-refractivity contribution in [3.05, 3.63) is 44.6 Å². The van der Waals surface area contributed by atoms with Crippen LogP contribution >= 0.6 is 27.3 Å². The molecule has 1 aliphatic rings. The van der Waals surface area contributed by atoms with Gasteiger partial charge >= 0.3 is 0 Å². The lowest BCUT2D eigenvalue weighted by atomic mass is 9.94. The molecule has 1 aliphatic carbocycles. The summed E-state index contributed by atoms with van der Waals surface area (Å²) in [6.45, 7) is 0. The Morgan fingerprint density at radius 3 is 2.67 bits per heavy atom. The molecule has 0 radical (unpaired) electrons. The van der Waals surface area contributed by atoms with E-state index in [0.717, 1.165) is 28.7 Å². The standard InChI is InChI=1S/C14H15BrN2O2S2/c15-14-8-11-12(2-1-3-13(11)20-14)17-9-4-6-10(7-5-9)21(16,18)19/h4-8,12,17H,1-3H2,(H2,16,18,19). The summed E-state index contributed by atoms with van der Waals surface area (Å²) < 4.78 is 23.7. The number of hydrogen-bond donors (Lipinski definition) is 2. The average molecular weight is 387 g/mol. The second kappa shape index (κ2) is 5.72. The normalized spacial score (nSPS) is 18.3. The summed E-state index contributed by atoms with van der Waals surface area (Å²) in [5.74, 6) is 0. The summed E-state index contributed by atoms with van der Waals surface area (Å²) in [6.07, 6.45) is 3.37. The van der Waals surface area contributed by atoms with E-state index < -0.39 is 10.0 Å². The Balaban J connectivity index is 1.81. The fourth-order valence-corrected chi connectivity index (χ4v) is 4.95. The van der Waals surface area contributed by atoms with Crippen LogP contribution in [-0.2, 0) is 16.4 Å². The van der Waals surface area contributed by atoms with Crippen LogP contribution in [0.5, 0.6) is 0 Å². The first kappa shape index (κ1) is 15.0. The molecule has 1 aromatic carbocycles. The summed E-state index contributed by atoms with van der Waals surface area (Å²) in [5, 5.41) is 8.58. The zero-order valence-corrected chi connectivity index (χ0v) is 14.4. The number of thiophene rings is 1. The third-order valence-corrected chi connectivity index (χ3v) is 6.25. The second-order valence-electron chi connectivity index (χ2n) is 5.09. The van der Waals surface area contributed by atoms with Crippen molar-refractivity contribution in [2.75, 3.05) is 5.32 Å². The highest BCUT2D eigenvalue weighted by Gasteiger charge is 2.22. The van der Waals surface area contributed by atoms with E-state index in [4.69, 9.17) is 5.14 Å². The molecule has 1 heterocycles. The second-order valence-corrected chi connectivity index (χ2v) is 9.16. The van der Waals surface area contributed by atoms with Gasteiger partial charge in [0.05, 0.1) is 14.7 Å². The molecule has 0 amide bonds. The van der Waals surface area contributed by atoms with Gasteiger partial charge in [-0.25, -0.2) is 13.6 Å². The van der Waals surface area contributed by atoms with Crippen LogP contribution < -0.4 is 10.5 Å². The van der Waals surface area contributed by atoms with Crippen LogP contribution in [0.25, 0.3) is 0 Å². The predicted octanol–water partition coefficient (Wildman–Crippen LogP) is 3.65. The summed E-state index contributed by atoms with van der Waals surface area (Å²) in [7, 11) is -3.63. The molecule has 3 N–H and O–H groups in total. The molecule has 0 spiro atoms. The monoisotopic (exact) mass is 386 g/mol. The molecule has 0 saturated heterocycles. The number of nitrogens with two attached hydrogens (primary N) is 1. The Bertz CT molecular complexity index is 754. The predicted molar refractivity (Wildman–Crippen MR) is 89.1 cm³/mol. The minimum atomic E-state index is -3.63. The maximum atomic E-state index is 11.3. The number of aryl methyl sites for hydroxylation is 1. The van der Waals surface area contributed by atoms with E-state index >= 15 is 0 Å². The van der Waals surface area contributed by atoms with Gasteiger partial charge in [0.15, 0.2) is 0 Å². The van der Waals surface area contributed by atoms with Gasteiger partial charge in [-0.15, -0.1) is 11.3 Å². The van der Waals surface area contributed by atoms with E-state index in [1.165, 1.54) is 22.6 Å². The maximum Gasteiger partial charge on any atom is 0.238 e. The molecule has 1 atom stereocenters. The first-order chi connectivity index (χ1) is 9.93. The molecule has 3 rings (SSSR count). The van der Waals surface area contributed by atoms with Gasteiger partial charge in [0.1, 0.15) is 0 Å². The largest absolute Gasteiger partial charge is 0.378 e. The average Bonchev–Trinajstić information content (AvgIpc) is 2.80. The molecular weight excluding hydrogens is 372 g/mol. The zero-order chi connectivity index (χ0) is 15.0. The van der Waals surface area contributed by atoms with Gasteiger partial charge in [-0.05, 0) is 71.1 Å². The minimum absolute atomic E-state index is 0.135. The summed E-state index contributed by atoms with van der Waals surface area (Å²) in [5.41, 5.74) is 2.25. The van der Waals surface area contributed by atoms with Gasteiger partial charge < -0.3 is 5.32 Å². The number of fused-ring (bicyclic) bond motifs is 1. The molecule has 0 aliphatic heterocycles. The SMILES string of the molecule is NS(=O)(=O)c1ccc(NC2CCCc3sc(Br)cc32)cc1. The fourth-order valence-electron chi connectivity index (χ4n) is 2.61. The number of sulfonamides is 1. The third kappa shape index (κ3) is 3.31. The van der Waals surface area contributed by atoms with Gasteiger partial charge in [0, 0.05) is 10.6 Å². The van der Waals surface area contributed by atoms with Gasteiger partial charge in [-0.3, -0.25) is 0 Å². The minimum Gasteiger partial charge on any atom is -0.378 e. The topological polar surface area (TPSA) is 72.2 Å². The van der Waals surface area contributed by atoms with Gasteiger partial charge in [-0.2, -0.15) is 0 Å². The van der Waals surface area contributed by atoms with Crippen molar-refractivity contribution in [3.63, 3.8) is 0 Å². The quantitative estimate of drug-likeness (QED) is 0.845. The van der Waals surface area contributed by atoms with Gasteiger partial charge in [0.2, 0.25) is 10.0 Å². The molecular formula is C14H15BrN2O2S2. The maximum absolute atomic E-state index is 11.3.